The standard InChI is InChI=1S/C8H9BrCl2N2O/c1-4(10)8-12-5(3-14-2)6(9)7(11)13-8/h4H,3H2,1-2H3. The van der Waals surface area contributed by atoms with Crippen LogP contribution in [0.4, 0.5) is 0 Å². The van der Waals surface area contributed by atoms with Crippen molar-refractivity contribution in [1.82, 2.24) is 9.97 Å². The first-order chi connectivity index (χ1) is 6.56. The third-order valence-corrected chi connectivity index (χ3v) is 3.06. The molecule has 1 aromatic rings. The van der Waals surface area contributed by atoms with Crippen molar-refractivity contribution in [3.8, 4) is 0 Å². The van der Waals surface area contributed by atoms with Gasteiger partial charge in [0.05, 0.1) is 22.2 Å². The second-order valence-corrected chi connectivity index (χ2v) is 4.49. The zero-order valence-electron chi connectivity index (χ0n) is 7.72. The maximum atomic E-state index is 5.89. The van der Waals surface area contributed by atoms with Crippen molar-refractivity contribution in [2.75, 3.05) is 7.11 Å². The SMILES string of the molecule is COCc1nc(C(C)Cl)nc(Cl)c1Br. The van der Waals surface area contributed by atoms with Gasteiger partial charge in [0.25, 0.3) is 0 Å². The van der Waals surface area contributed by atoms with Crippen molar-refractivity contribution in [1.29, 1.82) is 0 Å². The number of ether oxygens (including phenoxy) is 1. The van der Waals surface area contributed by atoms with Gasteiger partial charge >= 0.3 is 0 Å². The van der Waals surface area contributed by atoms with Crippen molar-refractivity contribution >= 4 is 39.1 Å². The highest BCUT2D eigenvalue weighted by Crippen LogP contribution is 2.26. The molecule has 1 rings (SSSR count). The minimum atomic E-state index is -0.267. The van der Waals surface area contributed by atoms with Gasteiger partial charge in [0.1, 0.15) is 11.0 Å². The summed E-state index contributed by atoms with van der Waals surface area (Å²) in [7, 11) is 1.59. The van der Waals surface area contributed by atoms with Crippen LogP contribution in [-0.2, 0) is 11.3 Å². The van der Waals surface area contributed by atoms with Crippen LogP contribution < -0.4 is 0 Å². The van der Waals surface area contributed by atoms with Crippen molar-refractivity contribution in [2.45, 2.75) is 18.9 Å². The van der Waals surface area contributed by atoms with E-state index >= 15 is 0 Å². The summed E-state index contributed by atoms with van der Waals surface area (Å²) in [6.45, 7) is 2.16. The van der Waals surface area contributed by atoms with Crippen molar-refractivity contribution in [2.24, 2.45) is 0 Å². The Balaban J connectivity index is 3.14. The van der Waals surface area contributed by atoms with Gasteiger partial charge in [-0.3, -0.25) is 0 Å². The summed E-state index contributed by atoms with van der Waals surface area (Å²) in [4.78, 5) is 8.26. The van der Waals surface area contributed by atoms with Gasteiger partial charge in [-0.15, -0.1) is 11.6 Å². The van der Waals surface area contributed by atoms with Crippen LogP contribution in [0, 0.1) is 0 Å². The number of hydrogen-bond donors (Lipinski definition) is 0. The molecule has 0 aliphatic carbocycles. The fourth-order valence-corrected chi connectivity index (χ4v) is 1.48. The molecule has 0 radical (unpaired) electrons. The van der Waals surface area contributed by atoms with E-state index in [4.69, 9.17) is 27.9 Å². The predicted molar refractivity (Wildman–Crippen MR) is 59.7 cm³/mol. The van der Waals surface area contributed by atoms with Gasteiger partial charge in [0.2, 0.25) is 0 Å². The van der Waals surface area contributed by atoms with E-state index in [1.54, 1.807) is 14.0 Å². The quantitative estimate of drug-likeness (QED) is 0.634. The first-order valence-corrected chi connectivity index (χ1v) is 5.51. The summed E-state index contributed by atoms with van der Waals surface area (Å²) in [6, 6.07) is 0. The van der Waals surface area contributed by atoms with Gasteiger partial charge in [-0.25, -0.2) is 9.97 Å². The number of halogens is 3. The molecule has 0 amide bonds. The lowest BCUT2D eigenvalue weighted by Gasteiger charge is -2.08. The fraction of sp³-hybridized carbons (Fsp3) is 0.500. The number of alkyl halides is 1. The molecule has 0 aromatic carbocycles. The minimum absolute atomic E-state index is 0.267. The highest BCUT2D eigenvalue weighted by atomic mass is 79.9. The smallest absolute Gasteiger partial charge is 0.148 e. The van der Waals surface area contributed by atoms with E-state index in [1.807, 2.05) is 0 Å². The zero-order chi connectivity index (χ0) is 10.7. The largest absolute Gasteiger partial charge is 0.378 e. The molecule has 0 aliphatic rings. The Bertz CT molecular complexity index is 333. The molecule has 1 aromatic heterocycles. The lowest BCUT2D eigenvalue weighted by atomic mass is 10.4. The molecule has 14 heavy (non-hydrogen) atoms. The van der Waals surface area contributed by atoms with E-state index in [2.05, 4.69) is 25.9 Å². The molecule has 0 bridgehead atoms. The topological polar surface area (TPSA) is 35.0 Å². The van der Waals surface area contributed by atoms with E-state index < -0.39 is 0 Å². The van der Waals surface area contributed by atoms with Crippen LogP contribution in [0.1, 0.15) is 23.8 Å². The Kier molecular flexibility index (Phi) is 4.57. The summed E-state index contributed by atoms with van der Waals surface area (Å²) in [5.41, 5.74) is 0.704. The van der Waals surface area contributed by atoms with Crippen LogP contribution in [0.2, 0.25) is 5.15 Å². The number of aromatic nitrogens is 2. The number of methoxy groups -OCH3 is 1. The van der Waals surface area contributed by atoms with Gasteiger partial charge in [-0.2, -0.15) is 0 Å². The van der Waals surface area contributed by atoms with Crippen molar-refractivity contribution in [3.63, 3.8) is 0 Å². The van der Waals surface area contributed by atoms with Crippen LogP contribution in [0.25, 0.3) is 0 Å². The number of hydrogen-bond acceptors (Lipinski definition) is 3. The van der Waals surface area contributed by atoms with E-state index in [0.29, 0.717) is 27.8 Å². The molecule has 0 spiro atoms. The van der Waals surface area contributed by atoms with Crippen LogP contribution in [-0.4, -0.2) is 17.1 Å². The Morgan fingerprint density at radius 3 is 2.64 bits per heavy atom. The third kappa shape index (κ3) is 2.79. The molecule has 6 heteroatoms. The minimum Gasteiger partial charge on any atom is -0.378 e. The monoisotopic (exact) mass is 298 g/mol. The molecule has 0 fully saturated rings. The van der Waals surface area contributed by atoms with Crippen LogP contribution in [0.5, 0.6) is 0 Å². The van der Waals surface area contributed by atoms with Gasteiger partial charge in [0, 0.05) is 7.11 Å². The van der Waals surface area contributed by atoms with Crippen LogP contribution in [0.3, 0.4) is 0 Å². The summed E-state index contributed by atoms with van der Waals surface area (Å²) >= 11 is 15.0. The molecule has 1 unspecified atom stereocenters. The average molecular weight is 300 g/mol. The molecule has 0 N–H and O–H groups in total. The molecule has 1 heterocycles. The summed E-state index contributed by atoms with van der Waals surface area (Å²) in [6.07, 6.45) is 0. The van der Waals surface area contributed by atoms with Crippen LogP contribution in [0.15, 0.2) is 4.47 Å². The van der Waals surface area contributed by atoms with Crippen LogP contribution >= 0.6 is 39.1 Å². The Hall–Kier alpha value is 0.1000. The first kappa shape index (κ1) is 12.2. The molecule has 0 aliphatic heterocycles. The Labute approximate surface area is 101 Å². The van der Waals surface area contributed by atoms with Gasteiger partial charge in [0.15, 0.2) is 0 Å². The van der Waals surface area contributed by atoms with E-state index in [0.717, 1.165) is 0 Å². The molecule has 78 valence electrons. The maximum Gasteiger partial charge on any atom is 0.148 e. The lowest BCUT2D eigenvalue weighted by Crippen LogP contribution is -2.03. The van der Waals surface area contributed by atoms with E-state index in [1.165, 1.54) is 0 Å². The Morgan fingerprint density at radius 1 is 1.50 bits per heavy atom. The maximum absolute atomic E-state index is 5.89. The molecule has 3 nitrogen and oxygen atoms in total. The fourth-order valence-electron chi connectivity index (χ4n) is 0.891. The average Bonchev–Trinajstić information content (AvgIpc) is 2.12. The van der Waals surface area contributed by atoms with Gasteiger partial charge in [-0.1, -0.05) is 11.6 Å². The highest BCUT2D eigenvalue weighted by Gasteiger charge is 2.13. The van der Waals surface area contributed by atoms with Gasteiger partial charge in [-0.05, 0) is 22.9 Å². The normalized spacial score (nSPS) is 12.9. The molecule has 0 saturated carbocycles. The third-order valence-electron chi connectivity index (χ3n) is 1.53. The number of rotatable bonds is 3. The molecular weight excluding hydrogens is 291 g/mol. The second kappa shape index (κ2) is 5.26. The molecule has 1 atom stereocenters. The Morgan fingerprint density at radius 2 is 2.14 bits per heavy atom. The van der Waals surface area contributed by atoms with Gasteiger partial charge < -0.3 is 4.74 Å². The lowest BCUT2D eigenvalue weighted by molar-refractivity contribution is 0.180. The van der Waals surface area contributed by atoms with Crippen molar-refractivity contribution < 1.29 is 4.74 Å². The number of nitrogens with zero attached hydrogens (tertiary/aromatic N) is 2. The van der Waals surface area contributed by atoms with Crippen molar-refractivity contribution in [3.05, 3.63) is 21.1 Å². The molecular formula is C8H9BrCl2N2O. The summed E-state index contributed by atoms with van der Waals surface area (Å²) in [5, 5.41) is 0.0887. The second-order valence-electron chi connectivity index (χ2n) is 2.68. The highest BCUT2D eigenvalue weighted by molar-refractivity contribution is 9.10. The predicted octanol–water partition coefficient (Wildman–Crippen LogP) is 3.34. The van der Waals surface area contributed by atoms with E-state index in [9.17, 15) is 0 Å². The summed E-state index contributed by atoms with van der Waals surface area (Å²) < 4.78 is 5.63. The summed E-state index contributed by atoms with van der Waals surface area (Å²) in [5.74, 6) is 0.506. The molecule has 0 saturated heterocycles. The zero-order valence-corrected chi connectivity index (χ0v) is 10.8. The first-order valence-electron chi connectivity index (χ1n) is 3.91. The van der Waals surface area contributed by atoms with E-state index in [-0.39, 0.29) is 5.38 Å².